The molecule has 1 saturated heterocycles. The SMILES string of the molecule is O=C(COc1ccc2ccc(=O)oc2c1)N1CCN(Cc2ccsc2)CC1. The molecule has 7 heteroatoms. The van der Waals surface area contributed by atoms with Crippen LogP contribution in [0.5, 0.6) is 5.75 Å². The van der Waals surface area contributed by atoms with Gasteiger partial charge in [-0.2, -0.15) is 11.3 Å². The molecule has 0 saturated carbocycles. The molecular weight excluding hydrogens is 364 g/mol. The smallest absolute Gasteiger partial charge is 0.336 e. The minimum Gasteiger partial charge on any atom is -0.484 e. The third-order valence-electron chi connectivity index (χ3n) is 4.67. The predicted octanol–water partition coefficient (Wildman–Crippen LogP) is 2.58. The molecule has 1 aromatic carbocycles. The molecule has 27 heavy (non-hydrogen) atoms. The van der Waals surface area contributed by atoms with Gasteiger partial charge >= 0.3 is 5.63 Å². The van der Waals surface area contributed by atoms with E-state index in [1.807, 2.05) is 4.90 Å². The number of hydrogen-bond donors (Lipinski definition) is 0. The van der Waals surface area contributed by atoms with Crippen molar-refractivity contribution in [3.05, 3.63) is 63.1 Å². The molecule has 3 heterocycles. The van der Waals surface area contributed by atoms with Gasteiger partial charge < -0.3 is 14.1 Å². The molecule has 2 aromatic heterocycles. The average Bonchev–Trinajstić information content (AvgIpc) is 3.19. The van der Waals surface area contributed by atoms with Crippen LogP contribution in [-0.2, 0) is 11.3 Å². The Morgan fingerprint density at radius 2 is 1.93 bits per heavy atom. The number of nitrogens with zero attached hydrogens (tertiary/aromatic N) is 2. The summed E-state index contributed by atoms with van der Waals surface area (Å²) in [5.41, 5.74) is 1.37. The van der Waals surface area contributed by atoms with Gasteiger partial charge in [0.05, 0.1) is 0 Å². The molecule has 1 aliphatic heterocycles. The molecule has 1 fully saturated rings. The van der Waals surface area contributed by atoms with Gasteiger partial charge in [-0.1, -0.05) is 0 Å². The van der Waals surface area contributed by atoms with E-state index < -0.39 is 5.63 Å². The van der Waals surface area contributed by atoms with Gasteiger partial charge in [-0.25, -0.2) is 4.79 Å². The molecule has 1 aliphatic rings. The summed E-state index contributed by atoms with van der Waals surface area (Å²) in [4.78, 5) is 27.9. The van der Waals surface area contributed by atoms with E-state index in [4.69, 9.17) is 9.15 Å². The first-order valence-electron chi connectivity index (χ1n) is 8.85. The fourth-order valence-corrected chi connectivity index (χ4v) is 3.82. The van der Waals surface area contributed by atoms with Gasteiger partial charge in [0, 0.05) is 50.2 Å². The zero-order valence-electron chi connectivity index (χ0n) is 14.8. The van der Waals surface area contributed by atoms with Crippen LogP contribution in [0.15, 0.2) is 56.4 Å². The van der Waals surface area contributed by atoms with Crippen LogP contribution in [0.4, 0.5) is 0 Å². The quantitative estimate of drug-likeness (QED) is 0.633. The molecule has 0 aliphatic carbocycles. The van der Waals surface area contributed by atoms with Crippen molar-refractivity contribution in [2.24, 2.45) is 0 Å². The molecule has 0 bridgehead atoms. The lowest BCUT2D eigenvalue weighted by Gasteiger charge is -2.34. The highest BCUT2D eigenvalue weighted by Crippen LogP contribution is 2.19. The van der Waals surface area contributed by atoms with Crippen molar-refractivity contribution in [1.29, 1.82) is 0 Å². The number of hydrogen-bond acceptors (Lipinski definition) is 6. The Bertz CT molecular complexity index is 975. The van der Waals surface area contributed by atoms with Crippen LogP contribution in [0.2, 0.25) is 0 Å². The van der Waals surface area contributed by atoms with Gasteiger partial charge in [-0.15, -0.1) is 0 Å². The molecule has 4 rings (SSSR count). The molecule has 0 spiro atoms. The third kappa shape index (κ3) is 4.37. The van der Waals surface area contributed by atoms with Crippen molar-refractivity contribution in [1.82, 2.24) is 9.80 Å². The number of carbonyl (C=O) groups excluding carboxylic acids is 1. The summed E-state index contributed by atoms with van der Waals surface area (Å²) in [5.74, 6) is 0.487. The van der Waals surface area contributed by atoms with Gasteiger partial charge in [-0.3, -0.25) is 9.69 Å². The summed E-state index contributed by atoms with van der Waals surface area (Å²) in [6.45, 7) is 4.06. The number of carbonyl (C=O) groups is 1. The molecule has 6 nitrogen and oxygen atoms in total. The van der Waals surface area contributed by atoms with E-state index in [0.29, 0.717) is 24.4 Å². The maximum absolute atomic E-state index is 12.4. The highest BCUT2D eigenvalue weighted by atomic mass is 32.1. The van der Waals surface area contributed by atoms with Gasteiger partial charge in [0.2, 0.25) is 0 Å². The molecule has 0 radical (unpaired) electrons. The van der Waals surface area contributed by atoms with Crippen LogP contribution < -0.4 is 10.4 Å². The van der Waals surface area contributed by atoms with Crippen LogP contribution in [0.3, 0.4) is 0 Å². The molecule has 0 atom stereocenters. The van der Waals surface area contributed by atoms with Crippen molar-refractivity contribution in [3.63, 3.8) is 0 Å². The standard InChI is InChI=1S/C20H20N2O4S/c23-19(22-8-6-21(7-9-22)12-15-5-10-27-14-15)13-25-17-3-1-16-2-4-20(24)26-18(16)11-17/h1-5,10-11,14H,6-9,12-13H2. The Labute approximate surface area is 160 Å². The maximum Gasteiger partial charge on any atom is 0.336 e. The summed E-state index contributed by atoms with van der Waals surface area (Å²) in [6, 6.07) is 10.4. The van der Waals surface area contributed by atoms with Crippen molar-refractivity contribution in [3.8, 4) is 5.75 Å². The fraction of sp³-hybridized carbons (Fsp3) is 0.300. The Kier molecular flexibility index (Phi) is 5.22. The van der Waals surface area contributed by atoms with E-state index in [-0.39, 0.29) is 12.5 Å². The van der Waals surface area contributed by atoms with Gasteiger partial charge in [0.1, 0.15) is 11.3 Å². The van der Waals surface area contributed by atoms with Crippen molar-refractivity contribution in [2.75, 3.05) is 32.8 Å². The Hall–Kier alpha value is -2.64. The zero-order chi connectivity index (χ0) is 18.6. The largest absolute Gasteiger partial charge is 0.484 e. The third-order valence-corrected chi connectivity index (χ3v) is 5.40. The van der Waals surface area contributed by atoms with Crippen LogP contribution in [0.1, 0.15) is 5.56 Å². The van der Waals surface area contributed by atoms with Crippen LogP contribution in [0, 0.1) is 0 Å². The summed E-state index contributed by atoms with van der Waals surface area (Å²) < 4.78 is 10.8. The van der Waals surface area contributed by atoms with E-state index in [9.17, 15) is 9.59 Å². The summed E-state index contributed by atoms with van der Waals surface area (Å²) in [5, 5.41) is 5.07. The molecule has 0 N–H and O–H groups in total. The molecule has 0 unspecified atom stereocenters. The number of benzene rings is 1. The Balaban J connectivity index is 1.29. The Morgan fingerprint density at radius 1 is 1.11 bits per heavy atom. The molecule has 1 amide bonds. The lowest BCUT2D eigenvalue weighted by Crippen LogP contribution is -2.49. The van der Waals surface area contributed by atoms with E-state index in [2.05, 4.69) is 21.7 Å². The van der Waals surface area contributed by atoms with Gasteiger partial charge in [0.15, 0.2) is 6.61 Å². The lowest BCUT2D eigenvalue weighted by molar-refractivity contribution is -0.135. The van der Waals surface area contributed by atoms with E-state index in [1.54, 1.807) is 35.6 Å². The first-order valence-corrected chi connectivity index (χ1v) is 9.79. The number of rotatable bonds is 5. The van der Waals surface area contributed by atoms with E-state index in [0.717, 1.165) is 25.0 Å². The van der Waals surface area contributed by atoms with Crippen LogP contribution >= 0.6 is 11.3 Å². The van der Waals surface area contributed by atoms with Gasteiger partial charge in [0.25, 0.3) is 5.91 Å². The number of amides is 1. The second-order valence-electron chi connectivity index (χ2n) is 6.53. The average molecular weight is 384 g/mol. The van der Waals surface area contributed by atoms with Crippen molar-refractivity contribution < 1.29 is 13.9 Å². The summed E-state index contributed by atoms with van der Waals surface area (Å²) >= 11 is 1.71. The molecule has 3 aromatic rings. The van der Waals surface area contributed by atoms with Crippen LogP contribution in [-0.4, -0.2) is 48.5 Å². The summed E-state index contributed by atoms with van der Waals surface area (Å²) in [6.07, 6.45) is 0. The van der Waals surface area contributed by atoms with Gasteiger partial charge in [-0.05, 0) is 40.6 Å². The summed E-state index contributed by atoms with van der Waals surface area (Å²) in [7, 11) is 0. The monoisotopic (exact) mass is 384 g/mol. The lowest BCUT2D eigenvalue weighted by atomic mass is 10.2. The molecule has 140 valence electrons. The first-order chi connectivity index (χ1) is 13.2. The fourth-order valence-electron chi connectivity index (χ4n) is 3.16. The number of fused-ring (bicyclic) bond motifs is 1. The highest BCUT2D eigenvalue weighted by Gasteiger charge is 2.21. The van der Waals surface area contributed by atoms with E-state index in [1.165, 1.54) is 11.6 Å². The van der Waals surface area contributed by atoms with E-state index >= 15 is 0 Å². The Morgan fingerprint density at radius 3 is 2.70 bits per heavy atom. The molecular formula is C20H20N2O4S. The second-order valence-corrected chi connectivity index (χ2v) is 7.31. The van der Waals surface area contributed by atoms with Crippen LogP contribution in [0.25, 0.3) is 11.0 Å². The minimum atomic E-state index is -0.406. The van der Waals surface area contributed by atoms with Crippen molar-refractivity contribution >= 4 is 28.2 Å². The topological polar surface area (TPSA) is 63.0 Å². The number of ether oxygens (including phenoxy) is 1. The first kappa shape index (κ1) is 17.8. The minimum absolute atomic E-state index is 0.0207. The number of thiophene rings is 1. The normalized spacial score (nSPS) is 15.2. The zero-order valence-corrected chi connectivity index (χ0v) is 15.6. The van der Waals surface area contributed by atoms with Crippen molar-refractivity contribution in [2.45, 2.75) is 6.54 Å². The number of piperazine rings is 1. The predicted molar refractivity (Wildman–Crippen MR) is 104 cm³/mol. The maximum atomic E-state index is 12.4. The second kappa shape index (κ2) is 7.94. The highest BCUT2D eigenvalue weighted by molar-refractivity contribution is 7.07.